The normalized spacial score (nSPS) is 16.2. The second kappa shape index (κ2) is 12.9. The van der Waals surface area contributed by atoms with Crippen molar-refractivity contribution in [2.75, 3.05) is 73.1 Å². The number of ether oxygens (including phenoxy) is 1. The van der Waals surface area contributed by atoms with Crippen molar-refractivity contribution in [2.45, 2.75) is 19.8 Å². The van der Waals surface area contributed by atoms with Crippen LogP contribution in [0.25, 0.3) is 0 Å². The van der Waals surface area contributed by atoms with Crippen LogP contribution in [0.3, 0.4) is 0 Å². The molecule has 7 heteroatoms. The molecule has 28 heavy (non-hydrogen) atoms. The highest BCUT2D eigenvalue weighted by atomic mass is 35.5. The van der Waals surface area contributed by atoms with Crippen molar-refractivity contribution < 1.29 is 4.74 Å². The Labute approximate surface area is 175 Å². The summed E-state index contributed by atoms with van der Waals surface area (Å²) in [5.74, 6) is 1.78. The molecule has 1 aliphatic rings. The highest BCUT2D eigenvalue weighted by molar-refractivity contribution is 6.30. The maximum Gasteiger partial charge on any atom is 0.193 e. The van der Waals surface area contributed by atoms with Crippen molar-refractivity contribution in [1.29, 1.82) is 0 Å². The minimum atomic E-state index is 0.603. The van der Waals surface area contributed by atoms with Crippen LogP contribution in [-0.2, 0) is 0 Å². The van der Waals surface area contributed by atoms with Gasteiger partial charge in [-0.05, 0) is 57.6 Å². The minimum Gasteiger partial charge on any atom is -0.492 e. The molecule has 1 aromatic carbocycles. The second-order valence-corrected chi connectivity index (χ2v) is 7.75. The Bertz CT molecular complexity index is 573. The summed E-state index contributed by atoms with van der Waals surface area (Å²) in [4.78, 5) is 11.9. The largest absolute Gasteiger partial charge is 0.492 e. The average Bonchev–Trinajstić information content (AvgIpc) is 2.69. The Morgan fingerprint density at radius 1 is 1.18 bits per heavy atom. The number of hydrogen-bond donors (Lipinski definition) is 1. The Morgan fingerprint density at radius 2 is 1.89 bits per heavy atom. The van der Waals surface area contributed by atoms with Crippen LogP contribution in [0.1, 0.15) is 19.8 Å². The molecule has 1 heterocycles. The van der Waals surface area contributed by atoms with E-state index in [4.69, 9.17) is 21.3 Å². The SMILES string of the molecule is CCNC(=NCCCCN1CCN(C)CC1)N(C)CCOc1ccc(Cl)cc1. The van der Waals surface area contributed by atoms with Crippen LogP contribution in [0.4, 0.5) is 0 Å². The third-order valence-electron chi connectivity index (χ3n) is 4.95. The third kappa shape index (κ3) is 8.67. The molecule has 0 radical (unpaired) electrons. The molecule has 1 aromatic rings. The fraction of sp³-hybridized carbons (Fsp3) is 0.667. The van der Waals surface area contributed by atoms with Gasteiger partial charge in [-0.3, -0.25) is 4.99 Å². The lowest BCUT2D eigenvalue weighted by Crippen LogP contribution is -2.44. The molecular weight excluding hydrogens is 374 g/mol. The molecule has 1 saturated heterocycles. The lowest BCUT2D eigenvalue weighted by Gasteiger charge is -2.32. The van der Waals surface area contributed by atoms with Gasteiger partial charge in [0, 0.05) is 51.3 Å². The topological polar surface area (TPSA) is 43.3 Å². The van der Waals surface area contributed by atoms with E-state index in [2.05, 4.69) is 41.0 Å². The van der Waals surface area contributed by atoms with E-state index < -0.39 is 0 Å². The molecular formula is C21H36ClN5O. The molecule has 1 fully saturated rings. The van der Waals surface area contributed by atoms with Gasteiger partial charge in [-0.25, -0.2) is 0 Å². The van der Waals surface area contributed by atoms with Crippen molar-refractivity contribution in [1.82, 2.24) is 20.0 Å². The van der Waals surface area contributed by atoms with E-state index in [1.165, 1.54) is 39.1 Å². The van der Waals surface area contributed by atoms with Gasteiger partial charge in [-0.2, -0.15) is 0 Å². The van der Waals surface area contributed by atoms with Crippen molar-refractivity contribution in [3.05, 3.63) is 29.3 Å². The standard InChI is InChI=1S/C21H36ClN5O/c1-4-23-21(24-11-5-6-12-27-15-13-25(2)14-16-27)26(3)17-18-28-20-9-7-19(22)8-10-20/h7-10H,4-6,11-18H2,1-3H3,(H,23,24). The molecule has 0 bridgehead atoms. The van der Waals surface area contributed by atoms with Crippen LogP contribution in [0.15, 0.2) is 29.3 Å². The number of benzene rings is 1. The summed E-state index contributed by atoms with van der Waals surface area (Å²) in [6.07, 6.45) is 2.33. The van der Waals surface area contributed by atoms with Gasteiger partial charge in [-0.15, -0.1) is 0 Å². The number of hydrogen-bond acceptors (Lipinski definition) is 4. The minimum absolute atomic E-state index is 0.603. The zero-order chi connectivity index (χ0) is 20.2. The molecule has 158 valence electrons. The Morgan fingerprint density at radius 3 is 2.57 bits per heavy atom. The van der Waals surface area contributed by atoms with Crippen LogP contribution in [0.5, 0.6) is 5.75 Å². The Balaban J connectivity index is 1.65. The molecule has 0 aromatic heterocycles. The van der Waals surface area contributed by atoms with Crippen molar-refractivity contribution in [3.8, 4) is 5.75 Å². The quantitative estimate of drug-likeness (QED) is 0.365. The molecule has 0 spiro atoms. The number of piperazine rings is 1. The number of aliphatic imine (C=N–C) groups is 1. The summed E-state index contributed by atoms with van der Waals surface area (Å²) in [6, 6.07) is 7.46. The monoisotopic (exact) mass is 409 g/mol. The number of likely N-dealkylation sites (N-methyl/N-ethyl adjacent to an activating group) is 2. The molecule has 2 rings (SSSR count). The van der Waals surface area contributed by atoms with Gasteiger partial charge in [0.15, 0.2) is 5.96 Å². The van der Waals surface area contributed by atoms with E-state index in [1.807, 2.05) is 24.3 Å². The first kappa shape index (κ1) is 22.8. The highest BCUT2D eigenvalue weighted by Crippen LogP contribution is 2.15. The molecule has 0 amide bonds. The average molecular weight is 410 g/mol. The van der Waals surface area contributed by atoms with Gasteiger partial charge in [0.25, 0.3) is 0 Å². The zero-order valence-electron chi connectivity index (χ0n) is 17.7. The molecule has 0 saturated carbocycles. The fourth-order valence-corrected chi connectivity index (χ4v) is 3.24. The molecule has 6 nitrogen and oxygen atoms in total. The van der Waals surface area contributed by atoms with Gasteiger partial charge in [-0.1, -0.05) is 11.6 Å². The van der Waals surface area contributed by atoms with E-state index >= 15 is 0 Å². The molecule has 0 unspecified atom stereocenters. The van der Waals surface area contributed by atoms with Gasteiger partial charge in [0.2, 0.25) is 0 Å². The number of halogens is 1. The molecule has 1 N–H and O–H groups in total. The maximum atomic E-state index is 5.90. The first-order valence-electron chi connectivity index (χ1n) is 10.4. The summed E-state index contributed by atoms with van der Waals surface area (Å²) in [6.45, 7) is 11.1. The van der Waals surface area contributed by atoms with Crippen LogP contribution < -0.4 is 10.1 Å². The van der Waals surface area contributed by atoms with Gasteiger partial charge >= 0.3 is 0 Å². The van der Waals surface area contributed by atoms with Crippen LogP contribution in [0.2, 0.25) is 5.02 Å². The molecule has 1 aliphatic heterocycles. The summed E-state index contributed by atoms with van der Waals surface area (Å²) in [7, 11) is 4.25. The van der Waals surface area contributed by atoms with Crippen LogP contribution in [-0.4, -0.2) is 93.7 Å². The third-order valence-corrected chi connectivity index (χ3v) is 5.20. The summed E-state index contributed by atoms with van der Waals surface area (Å²) < 4.78 is 5.79. The van der Waals surface area contributed by atoms with E-state index in [1.54, 1.807) is 0 Å². The second-order valence-electron chi connectivity index (χ2n) is 7.31. The Kier molecular flexibility index (Phi) is 10.5. The molecule has 0 aliphatic carbocycles. The smallest absolute Gasteiger partial charge is 0.193 e. The van der Waals surface area contributed by atoms with Crippen molar-refractivity contribution in [3.63, 3.8) is 0 Å². The van der Waals surface area contributed by atoms with Crippen molar-refractivity contribution >= 4 is 17.6 Å². The van der Waals surface area contributed by atoms with E-state index in [-0.39, 0.29) is 0 Å². The van der Waals surface area contributed by atoms with Gasteiger partial charge < -0.3 is 24.8 Å². The fourth-order valence-electron chi connectivity index (χ4n) is 3.11. The maximum absolute atomic E-state index is 5.90. The van der Waals surface area contributed by atoms with E-state index in [9.17, 15) is 0 Å². The van der Waals surface area contributed by atoms with Crippen LogP contribution >= 0.6 is 11.6 Å². The summed E-state index contributed by atoms with van der Waals surface area (Å²) in [5, 5.41) is 4.09. The van der Waals surface area contributed by atoms with E-state index in [0.717, 1.165) is 42.8 Å². The summed E-state index contributed by atoms with van der Waals surface area (Å²) in [5.41, 5.74) is 0. The number of nitrogens with one attached hydrogen (secondary N) is 1. The first-order valence-corrected chi connectivity index (χ1v) is 10.7. The lowest BCUT2D eigenvalue weighted by atomic mass is 10.2. The number of rotatable bonds is 10. The zero-order valence-corrected chi connectivity index (χ0v) is 18.4. The van der Waals surface area contributed by atoms with Crippen molar-refractivity contribution in [2.24, 2.45) is 4.99 Å². The predicted octanol–water partition coefficient (Wildman–Crippen LogP) is 2.64. The lowest BCUT2D eigenvalue weighted by molar-refractivity contribution is 0.152. The van der Waals surface area contributed by atoms with Gasteiger partial charge in [0.05, 0.1) is 6.54 Å². The van der Waals surface area contributed by atoms with E-state index in [0.29, 0.717) is 6.61 Å². The number of nitrogens with zero attached hydrogens (tertiary/aromatic N) is 4. The highest BCUT2D eigenvalue weighted by Gasteiger charge is 2.12. The number of guanidine groups is 1. The summed E-state index contributed by atoms with van der Waals surface area (Å²) >= 11 is 5.90. The number of unbranched alkanes of at least 4 members (excludes halogenated alkanes) is 1. The van der Waals surface area contributed by atoms with Crippen LogP contribution in [0, 0.1) is 0 Å². The predicted molar refractivity (Wildman–Crippen MR) is 119 cm³/mol. The van der Waals surface area contributed by atoms with Gasteiger partial charge in [0.1, 0.15) is 12.4 Å². The Hall–Kier alpha value is -1.50. The first-order chi connectivity index (χ1) is 13.6. The molecule has 0 atom stereocenters.